The highest BCUT2D eigenvalue weighted by Crippen LogP contribution is 2.41. The Morgan fingerprint density at radius 3 is 1.96 bits per heavy atom. The second-order valence-electron chi connectivity index (χ2n) is 11.3. The van der Waals surface area contributed by atoms with Crippen LogP contribution >= 0.6 is 11.3 Å². The fraction of sp³-hybridized carbons (Fsp3) is 0. The number of hydrogen-bond donors (Lipinski definition) is 0. The fourth-order valence-corrected chi connectivity index (χ4v) is 7.72. The zero-order valence-electron chi connectivity index (χ0n) is 23.8. The van der Waals surface area contributed by atoms with Crippen LogP contribution in [0.1, 0.15) is 0 Å². The summed E-state index contributed by atoms with van der Waals surface area (Å²) < 4.78 is 14.8. The van der Waals surface area contributed by atoms with E-state index in [0.29, 0.717) is 5.82 Å². The Labute approximate surface area is 260 Å². The number of fused-ring (bicyclic) bond motifs is 9. The number of para-hydroxylation sites is 3. The molecule has 5 heteroatoms. The predicted octanol–water partition coefficient (Wildman–Crippen LogP) is 11.6. The summed E-state index contributed by atoms with van der Waals surface area (Å²) in [5, 5.41) is 5.61. The molecule has 0 saturated carbocycles. The average molecular weight is 595 g/mol. The van der Waals surface area contributed by atoms with E-state index in [2.05, 4.69) is 103 Å². The predicted molar refractivity (Wildman–Crippen MR) is 186 cm³/mol. The van der Waals surface area contributed by atoms with E-state index in [-0.39, 0.29) is 0 Å². The number of thiophene rings is 1. The number of aromatic nitrogens is 2. The Bertz CT molecular complexity index is 2770. The van der Waals surface area contributed by atoms with E-state index in [9.17, 15) is 0 Å². The molecule has 0 unspecified atom stereocenters. The van der Waals surface area contributed by atoms with Crippen molar-refractivity contribution in [1.82, 2.24) is 9.97 Å². The quantitative estimate of drug-likeness (QED) is 0.204. The first-order valence-corrected chi connectivity index (χ1v) is 15.7. The van der Waals surface area contributed by atoms with Crippen molar-refractivity contribution in [1.29, 1.82) is 0 Å². The molecule has 10 rings (SSSR count). The third-order valence-electron chi connectivity index (χ3n) is 8.73. The topological polar surface area (TPSA) is 52.1 Å². The molecule has 0 N–H and O–H groups in total. The fourth-order valence-electron chi connectivity index (χ4n) is 6.56. The normalized spacial score (nSPS) is 12.0. The zero-order chi connectivity index (χ0) is 29.5. The Morgan fingerprint density at radius 2 is 1.11 bits per heavy atom. The highest BCUT2D eigenvalue weighted by atomic mass is 32.1. The lowest BCUT2D eigenvalue weighted by Gasteiger charge is -2.08. The van der Waals surface area contributed by atoms with E-state index in [4.69, 9.17) is 18.8 Å². The molecule has 0 radical (unpaired) electrons. The molecule has 0 aliphatic heterocycles. The first kappa shape index (κ1) is 24.6. The third kappa shape index (κ3) is 3.71. The molecule has 0 bridgehead atoms. The largest absolute Gasteiger partial charge is 0.456 e. The van der Waals surface area contributed by atoms with Gasteiger partial charge in [0.1, 0.15) is 22.3 Å². The van der Waals surface area contributed by atoms with Crippen LogP contribution < -0.4 is 0 Å². The number of nitrogens with zero attached hydrogens (tertiary/aromatic N) is 2. The molecule has 4 heterocycles. The molecule has 0 aliphatic carbocycles. The van der Waals surface area contributed by atoms with E-state index >= 15 is 0 Å². The summed E-state index contributed by atoms with van der Waals surface area (Å²) in [6, 6.07) is 46.0. The average Bonchev–Trinajstić information content (AvgIpc) is 3.79. The summed E-state index contributed by atoms with van der Waals surface area (Å²) in [4.78, 5) is 10.4. The molecule has 4 nitrogen and oxygen atoms in total. The second-order valence-corrected chi connectivity index (χ2v) is 12.4. The number of furan rings is 2. The van der Waals surface area contributed by atoms with Gasteiger partial charge in [0, 0.05) is 48.3 Å². The van der Waals surface area contributed by atoms with Gasteiger partial charge in [-0.1, -0.05) is 103 Å². The summed E-state index contributed by atoms with van der Waals surface area (Å²) in [5.74, 6) is 0.694. The van der Waals surface area contributed by atoms with E-state index in [1.165, 1.54) is 4.70 Å². The molecule has 0 fully saturated rings. The Kier molecular flexibility index (Phi) is 5.12. The molecule has 4 aromatic heterocycles. The molecule has 45 heavy (non-hydrogen) atoms. The van der Waals surface area contributed by atoms with Gasteiger partial charge in [0.2, 0.25) is 0 Å². The third-order valence-corrected chi connectivity index (χ3v) is 9.90. The first-order valence-electron chi connectivity index (χ1n) is 14.9. The number of hydrogen-bond acceptors (Lipinski definition) is 5. The van der Waals surface area contributed by atoms with Crippen LogP contribution in [-0.4, -0.2) is 9.97 Å². The molecule has 10 aromatic rings. The van der Waals surface area contributed by atoms with Crippen molar-refractivity contribution in [2.24, 2.45) is 0 Å². The van der Waals surface area contributed by atoms with E-state index < -0.39 is 0 Å². The Hall–Kier alpha value is -5.78. The van der Waals surface area contributed by atoms with Crippen molar-refractivity contribution in [3.05, 3.63) is 133 Å². The maximum absolute atomic E-state index is 6.32. The van der Waals surface area contributed by atoms with Gasteiger partial charge in [0.05, 0.1) is 15.9 Å². The highest BCUT2D eigenvalue weighted by molar-refractivity contribution is 7.26. The van der Waals surface area contributed by atoms with Crippen LogP contribution in [-0.2, 0) is 0 Å². The van der Waals surface area contributed by atoms with E-state index in [1.54, 1.807) is 11.3 Å². The van der Waals surface area contributed by atoms with Gasteiger partial charge >= 0.3 is 0 Å². The van der Waals surface area contributed by atoms with Crippen LogP contribution in [0.3, 0.4) is 0 Å². The maximum Gasteiger partial charge on any atom is 0.160 e. The van der Waals surface area contributed by atoms with Crippen LogP contribution in [0.15, 0.2) is 142 Å². The summed E-state index contributed by atoms with van der Waals surface area (Å²) in [6.07, 6.45) is 0. The minimum atomic E-state index is 0.694. The number of rotatable bonds is 3. The van der Waals surface area contributed by atoms with Crippen LogP contribution in [0.25, 0.3) is 98.0 Å². The van der Waals surface area contributed by atoms with Crippen molar-refractivity contribution in [3.8, 4) is 33.8 Å². The minimum absolute atomic E-state index is 0.694. The van der Waals surface area contributed by atoms with Crippen molar-refractivity contribution in [3.63, 3.8) is 0 Å². The lowest BCUT2D eigenvalue weighted by atomic mass is 10.0. The van der Waals surface area contributed by atoms with Gasteiger partial charge in [-0.2, -0.15) is 0 Å². The Balaban J connectivity index is 1.14. The molecule has 210 valence electrons. The molecule has 6 aromatic carbocycles. The monoisotopic (exact) mass is 594 g/mol. The van der Waals surface area contributed by atoms with Gasteiger partial charge in [0.15, 0.2) is 5.82 Å². The van der Waals surface area contributed by atoms with Gasteiger partial charge in [0.25, 0.3) is 0 Å². The summed E-state index contributed by atoms with van der Waals surface area (Å²) in [5.41, 5.74) is 9.54. The SMILES string of the molecule is c1ccc2c(c1)oc1cc(-c3nc(-c4ccc(-c5cccc6c5oc5ccccc56)cc4)nc4c3sc3ccccc34)ccc12. The summed E-state index contributed by atoms with van der Waals surface area (Å²) >= 11 is 1.73. The van der Waals surface area contributed by atoms with Gasteiger partial charge < -0.3 is 8.83 Å². The van der Waals surface area contributed by atoms with Crippen LogP contribution in [0.2, 0.25) is 0 Å². The Morgan fingerprint density at radius 1 is 0.467 bits per heavy atom. The molecule has 0 aliphatic rings. The lowest BCUT2D eigenvalue weighted by molar-refractivity contribution is 0.669. The maximum atomic E-state index is 6.32. The molecule has 0 saturated heterocycles. The first-order chi connectivity index (χ1) is 22.3. The molecule has 0 atom stereocenters. The van der Waals surface area contributed by atoms with Crippen LogP contribution in [0.5, 0.6) is 0 Å². The van der Waals surface area contributed by atoms with E-state index in [0.717, 1.165) is 87.4 Å². The van der Waals surface area contributed by atoms with Crippen LogP contribution in [0.4, 0.5) is 0 Å². The highest BCUT2D eigenvalue weighted by Gasteiger charge is 2.18. The van der Waals surface area contributed by atoms with Crippen molar-refractivity contribution >= 4 is 75.5 Å². The standard InChI is InChI=1S/C40H22N2O2S/c1-4-13-32-27(8-1)29-21-20-25(22-34(29)43-32)36-39-37(31-10-3-6-15-35(31)45-39)42-40(41-36)24-18-16-23(17-19-24)26-11-7-12-30-28-9-2-5-14-33(28)44-38(26)30/h1-22H. The lowest BCUT2D eigenvalue weighted by Crippen LogP contribution is -1.93. The zero-order valence-corrected chi connectivity index (χ0v) is 24.6. The molecule has 0 amide bonds. The van der Waals surface area contributed by atoms with Gasteiger partial charge in [-0.25, -0.2) is 9.97 Å². The van der Waals surface area contributed by atoms with Crippen molar-refractivity contribution in [2.45, 2.75) is 0 Å². The molecular formula is C40H22N2O2S. The van der Waals surface area contributed by atoms with Gasteiger partial charge in [-0.3, -0.25) is 0 Å². The molecule has 0 spiro atoms. The van der Waals surface area contributed by atoms with E-state index in [1.807, 2.05) is 30.3 Å². The van der Waals surface area contributed by atoms with Gasteiger partial charge in [-0.15, -0.1) is 11.3 Å². The van der Waals surface area contributed by atoms with Gasteiger partial charge in [-0.05, 0) is 35.9 Å². The summed E-state index contributed by atoms with van der Waals surface area (Å²) in [6.45, 7) is 0. The van der Waals surface area contributed by atoms with Crippen molar-refractivity contribution in [2.75, 3.05) is 0 Å². The van der Waals surface area contributed by atoms with Crippen molar-refractivity contribution < 1.29 is 8.83 Å². The summed E-state index contributed by atoms with van der Waals surface area (Å²) in [7, 11) is 0. The van der Waals surface area contributed by atoms with Crippen LogP contribution in [0, 0.1) is 0 Å². The second kappa shape index (κ2) is 9.36. The smallest absolute Gasteiger partial charge is 0.160 e. The minimum Gasteiger partial charge on any atom is -0.456 e. The number of benzene rings is 6. The molecular weight excluding hydrogens is 573 g/mol.